The standard InChI is InChI=1S/C24H20F2N4OS/c1-24(19-11-18(13-32-19)17-5-3-4-14(10-17)12-27)20(22(31)30(2)23(28)29-24)15-6-8-16(9-7-15)21(25)26/h3-11,13,20-21H,1-2H3,(H2,28,29)/t20-,24+/m0/s1. The largest absolute Gasteiger partial charge is 0.345 e. The highest BCUT2D eigenvalue weighted by Gasteiger charge is 2.49. The van der Waals surface area contributed by atoms with E-state index in [0.29, 0.717) is 11.1 Å². The summed E-state index contributed by atoms with van der Waals surface area (Å²) in [6, 6.07) is 17.1. The number of alkyl halides is 2. The van der Waals surface area contributed by atoms with Crippen LogP contribution < -0.4 is 5.32 Å². The van der Waals surface area contributed by atoms with Crippen molar-refractivity contribution < 1.29 is 13.6 Å². The second kappa shape index (κ2) is 8.17. The molecule has 1 aromatic heterocycles. The van der Waals surface area contributed by atoms with Crippen LogP contribution in [0, 0.1) is 16.7 Å². The first-order valence-electron chi connectivity index (χ1n) is 9.86. The second-order valence-electron chi connectivity index (χ2n) is 7.87. The summed E-state index contributed by atoms with van der Waals surface area (Å²) in [5.74, 6) is -1.04. The van der Waals surface area contributed by atoms with Crippen LogP contribution in [0.4, 0.5) is 8.78 Å². The van der Waals surface area contributed by atoms with Crippen LogP contribution in [0.1, 0.15) is 40.8 Å². The zero-order valence-electron chi connectivity index (χ0n) is 17.4. The maximum absolute atomic E-state index is 13.3. The van der Waals surface area contributed by atoms with E-state index in [1.54, 1.807) is 24.3 Å². The van der Waals surface area contributed by atoms with Crippen molar-refractivity contribution in [1.82, 2.24) is 10.2 Å². The number of nitrogens with one attached hydrogen (secondary N) is 2. The highest BCUT2D eigenvalue weighted by atomic mass is 32.1. The van der Waals surface area contributed by atoms with E-state index < -0.39 is 17.9 Å². The fourth-order valence-electron chi connectivity index (χ4n) is 3.99. The van der Waals surface area contributed by atoms with Crippen LogP contribution in [-0.2, 0) is 10.3 Å². The number of carbonyl (C=O) groups excluding carboxylic acids is 1. The van der Waals surface area contributed by atoms with Crippen LogP contribution in [-0.4, -0.2) is 23.8 Å². The number of benzene rings is 2. The molecule has 0 unspecified atom stereocenters. The molecule has 32 heavy (non-hydrogen) atoms. The van der Waals surface area contributed by atoms with E-state index in [9.17, 15) is 18.8 Å². The fraction of sp³-hybridized carbons (Fsp3) is 0.208. The van der Waals surface area contributed by atoms with Gasteiger partial charge in [0.1, 0.15) is 0 Å². The minimum atomic E-state index is -2.59. The van der Waals surface area contributed by atoms with Gasteiger partial charge in [-0.3, -0.25) is 15.1 Å². The van der Waals surface area contributed by atoms with Crippen molar-refractivity contribution in [2.45, 2.75) is 24.8 Å². The molecule has 8 heteroatoms. The zero-order chi connectivity index (χ0) is 23.0. The molecular weight excluding hydrogens is 430 g/mol. The van der Waals surface area contributed by atoms with Crippen molar-refractivity contribution in [3.63, 3.8) is 0 Å². The van der Waals surface area contributed by atoms with Crippen molar-refractivity contribution in [1.29, 1.82) is 10.7 Å². The number of halogens is 2. The van der Waals surface area contributed by atoms with Gasteiger partial charge in [-0.1, -0.05) is 36.4 Å². The molecule has 0 bridgehead atoms. The fourth-order valence-corrected chi connectivity index (χ4v) is 5.06. The topological polar surface area (TPSA) is 80.0 Å². The van der Waals surface area contributed by atoms with E-state index in [0.717, 1.165) is 16.0 Å². The summed E-state index contributed by atoms with van der Waals surface area (Å²) in [6.07, 6.45) is -2.59. The molecule has 1 amide bonds. The molecule has 0 aliphatic carbocycles. The van der Waals surface area contributed by atoms with E-state index in [2.05, 4.69) is 11.4 Å². The molecule has 162 valence electrons. The minimum absolute atomic E-state index is 0.0284. The summed E-state index contributed by atoms with van der Waals surface area (Å²) in [6.45, 7) is 1.85. The average Bonchev–Trinajstić information content (AvgIpc) is 3.29. The van der Waals surface area contributed by atoms with Crippen molar-refractivity contribution in [2.75, 3.05) is 7.05 Å². The number of carbonyl (C=O) groups is 1. The van der Waals surface area contributed by atoms with E-state index in [-0.39, 0.29) is 17.4 Å². The molecule has 5 nitrogen and oxygen atoms in total. The van der Waals surface area contributed by atoms with Gasteiger partial charge < -0.3 is 5.32 Å². The molecule has 1 aliphatic rings. The molecule has 0 saturated carbocycles. The number of rotatable bonds is 4. The summed E-state index contributed by atoms with van der Waals surface area (Å²) in [5, 5.41) is 22.6. The Kier molecular flexibility index (Phi) is 5.53. The lowest BCUT2D eigenvalue weighted by Crippen LogP contribution is -2.62. The average molecular weight is 451 g/mol. The minimum Gasteiger partial charge on any atom is -0.345 e. The maximum atomic E-state index is 13.3. The Hall–Kier alpha value is -3.57. The maximum Gasteiger partial charge on any atom is 0.263 e. The number of likely N-dealkylation sites (N-methyl/N-ethyl adjacent to an activating group) is 1. The molecule has 0 radical (unpaired) electrons. The first-order valence-corrected chi connectivity index (χ1v) is 10.7. The number of guanidine groups is 1. The smallest absolute Gasteiger partial charge is 0.263 e. The van der Waals surface area contributed by atoms with Crippen LogP contribution in [0.3, 0.4) is 0 Å². The summed E-state index contributed by atoms with van der Waals surface area (Å²) in [5.41, 5.74) is 1.85. The predicted octanol–water partition coefficient (Wildman–Crippen LogP) is 5.22. The molecule has 1 fully saturated rings. The molecule has 2 heterocycles. The van der Waals surface area contributed by atoms with Crippen LogP contribution in [0.25, 0.3) is 11.1 Å². The Morgan fingerprint density at radius 1 is 1.19 bits per heavy atom. The molecule has 1 aliphatic heterocycles. The summed E-state index contributed by atoms with van der Waals surface area (Å²) in [7, 11) is 1.52. The van der Waals surface area contributed by atoms with Crippen LogP contribution in [0.2, 0.25) is 0 Å². The van der Waals surface area contributed by atoms with Gasteiger partial charge >= 0.3 is 0 Å². The number of nitriles is 1. The molecule has 1 saturated heterocycles. The molecule has 0 spiro atoms. The van der Waals surface area contributed by atoms with Crippen molar-refractivity contribution in [3.8, 4) is 17.2 Å². The van der Waals surface area contributed by atoms with Crippen LogP contribution >= 0.6 is 11.3 Å². The normalized spacial score (nSPS) is 20.9. The Bertz CT molecular complexity index is 1230. The predicted molar refractivity (Wildman–Crippen MR) is 120 cm³/mol. The van der Waals surface area contributed by atoms with Gasteiger partial charge in [0, 0.05) is 17.5 Å². The third-order valence-corrected chi connectivity index (χ3v) is 6.99. The van der Waals surface area contributed by atoms with Crippen LogP contribution in [0.5, 0.6) is 0 Å². The Balaban J connectivity index is 1.79. The molecule has 2 atom stereocenters. The van der Waals surface area contributed by atoms with Gasteiger partial charge in [-0.25, -0.2) is 8.78 Å². The molecule has 3 aromatic rings. The Morgan fingerprint density at radius 2 is 1.91 bits per heavy atom. The van der Waals surface area contributed by atoms with Gasteiger partial charge in [0.15, 0.2) is 5.96 Å². The number of hydrogen-bond acceptors (Lipinski definition) is 4. The van der Waals surface area contributed by atoms with E-state index >= 15 is 0 Å². The monoisotopic (exact) mass is 450 g/mol. The van der Waals surface area contributed by atoms with Gasteiger partial charge in [-0.05, 0) is 47.2 Å². The van der Waals surface area contributed by atoms with Gasteiger partial charge in [-0.15, -0.1) is 11.3 Å². The van der Waals surface area contributed by atoms with Crippen molar-refractivity contribution >= 4 is 23.2 Å². The number of hydrogen-bond donors (Lipinski definition) is 2. The van der Waals surface area contributed by atoms with Crippen molar-refractivity contribution in [3.05, 3.63) is 81.5 Å². The van der Waals surface area contributed by atoms with E-state index in [4.69, 9.17) is 5.41 Å². The highest BCUT2D eigenvalue weighted by molar-refractivity contribution is 7.10. The summed E-state index contributed by atoms with van der Waals surface area (Å²) < 4.78 is 26.1. The van der Waals surface area contributed by atoms with Crippen molar-refractivity contribution in [2.24, 2.45) is 0 Å². The lowest BCUT2D eigenvalue weighted by Gasteiger charge is -2.45. The second-order valence-corrected chi connectivity index (χ2v) is 8.78. The quantitative estimate of drug-likeness (QED) is 0.572. The van der Waals surface area contributed by atoms with Gasteiger partial charge in [0.05, 0.1) is 23.1 Å². The van der Waals surface area contributed by atoms with Crippen LogP contribution in [0.15, 0.2) is 60.0 Å². The Labute approximate surface area is 188 Å². The van der Waals surface area contributed by atoms with Gasteiger partial charge in [0.25, 0.3) is 6.43 Å². The van der Waals surface area contributed by atoms with E-state index in [1.165, 1.54) is 35.4 Å². The number of amides is 1. The molecule has 2 aromatic carbocycles. The molecular formula is C24H20F2N4OS. The highest BCUT2D eigenvalue weighted by Crippen LogP contribution is 2.44. The number of thiophene rings is 1. The Morgan fingerprint density at radius 3 is 2.56 bits per heavy atom. The summed E-state index contributed by atoms with van der Waals surface area (Å²) in [4.78, 5) is 15.3. The van der Waals surface area contributed by atoms with E-state index in [1.807, 2.05) is 30.5 Å². The summed E-state index contributed by atoms with van der Waals surface area (Å²) >= 11 is 1.44. The third kappa shape index (κ3) is 3.65. The zero-order valence-corrected chi connectivity index (χ0v) is 18.2. The number of nitrogens with zero attached hydrogens (tertiary/aromatic N) is 2. The lowest BCUT2D eigenvalue weighted by atomic mass is 9.76. The van der Waals surface area contributed by atoms with Gasteiger partial charge in [0.2, 0.25) is 5.91 Å². The first kappa shape index (κ1) is 21.7. The third-order valence-electron chi connectivity index (χ3n) is 5.83. The SMILES string of the molecule is CN1C(=N)N[C@](C)(c2cc(-c3cccc(C#N)c3)cs2)[C@@H](c2ccc(C(F)F)cc2)C1=O. The molecule has 2 N–H and O–H groups in total. The van der Waals surface area contributed by atoms with Gasteiger partial charge in [-0.2, -0.15) is 5.26 Å². The first-order chi connectivity index (χ1) is 15.2. The molecule has 4 rings (SSSR count). The lowest BCUT2D eigenvalue weighted by molar-refractivity contribution is -0.131.